The van der Waals surface area contributed by atoms with Crippen LogP contribution in [-0.2, 0) is 9.47 Å². The van der Waals surface area contributed by atoms with Gasteiger partial charge in [-0.05, 0) is 30.5 Å². The fourth-order valence-corrected chi connectivity index (χ4v) is 1.41. The number of carbonyl (C=O) groups excluding carboxylic acids is 1. The van der Waals surface area contributed by atoms with Gasteiger partial charge in [0.15, 0.2) is 0 Å². The first kappa shape index (κ1) is 15.4. The summed E-state index contributed by atoms with van der Waals surface area (Å²) in [6.45, 7) is 5.38. The van der Waals surface area contributed by atoms with E-state index < -0.39 is 11.8 Å². The monoisotopic (exact) mass is 269 g/mol. The lowest BCUT2D eigenvalue weighted by atomic mass is 10.1. The van der Waals surface area contributed by atoms with Gasteiger partial charge in [0.1, 0.15) is 12.4 Å². The molecule has 106 valence electrons. The van der Waals surface area contributed by atoms with Gasteiger partial charge in [-0.1, -0.05) is 13.8 Å². The molecule has 0 aliphatic rings. The van der Waals surface area contributed by atoms with Crippen LogP contribution in [0.15, 0.2) is 18.2 Å². The fourth-order valence-electron chi connectivity index (χ4n) is 1.41. The molecule has 4 nitrogen and oxygen atoms in total. The van der Waals surface area contributed by atoms with Crippen LogP contribution in [0.1, 0.15) is 30.6 Å². The van der Waals surface area contributed by atoms with Crippen molar-refractivity contribution in [2.75, 3.05) is 25.6 Å². The van der Waals surface area contributed by atoms with Gasteiger partial charge in [0, 0.05) is 12.3 Å². The molecule has 2 N–H and O–H groups in total. The lowest BCUT2D eigenvalue weighted by Crippen LogP contribution is -2.13. The Hall–Kier alpha value is -1.62. The minimum Gasteiger partial charge on any atom is -0.460 e. The minimum absolute atomic E-state index is 0.0747. The summed E-state index contributed by atoms with van der Waals surface area (Å²) in [5.74, 6) is -0.461. The van der Waals surface area contributed by atoms with E-state index in [9.17, 15) is 9.18 Å². The second kappa shape index (κ2) is 7.74. The molecule has 0 aromatic heterocycles. The third-order valence-electron chi connectivity index (χ3n) is 2.53. The molecular weight excluding hydrogens is 249 g/mol. The molecule has 0 saturated carbocycles. The van der Waals surface area contributed by atoms with Gasteiger partial charge >= 0.3 is 5.97 Å². The van der Waals surface area contributed by atoms with Crippen LogP contribution in [0.25, 0.3) is 0 Å². The molecule has 0 radical (unpaired) electrons. The first-order chi connectivity index (χ1) is 9.00. The quantitative estimate of drug-likeness (QED) is 0.469. The first-order valence-electron chi connectivity index (χ1n) is 6.30. The second-order valence-corrected chi connectivity index (χ2v) is 4.66. The van der Waals surface area contributed by atoms with E-state index in [1.165, 1.54) is 12.1 Å². The van der Waals surface area contributed by atoms with Gasteiger partial charge < -0.3 is 15.2 Å². The van der Waals surface area contributed by atoms with E-state index >= 15 is 0 Å². The van der Waals surface area contributed by atoms with Crippen molar-refractivity contribution in [2.45, 2.75) is 20.3 Å². The Labute approximate surface area is 112 Å². The van der Waals surface area contributed by atoms with Gasteiger partial charge in [-0.3, -0.25) is 0 Å². The summed E-state index contributed by atoms with van der Waals surface area (Å²) in [4.78, 5) is 11.6. The van der Waals surface area contributed by atoms with Crippen molar-refractivity contribution < 1.29 is 18.7 Å². The van der Waals surface area contributed by atoms with Crippen molar-refractivity contribution in [3.63, 3.8) is 0 Å². The summed E-state index contributed by atoms with van der Waals surface area (Å²) in [6, 6.07) is 3.58. The molecule has 0 fully saturated rings. The molecule has 0 amide bonds. The molecule has 5 heteroatoms. The van der Waals surface area contributed by atoms with E-state index in [4.69, 9.17) is 15.2 Å². The number of ether oxygens (including phenoxy) is 2. The molecule has 0 atom stereocenters. The molecule has 0 aliphatic heterocycles. The number of hydrogen-bond acceptors (Lipinski definition) is 4. The summed E-state index contributed by atoms with van der Waals surface area (Å²) in [6.07, 6.45) is 0.971. The Balaban J connectivity index is 2.28. The van der Waals surface area contributed by atoms with Gasteiger partial charge in [0.25, 0.3) is 0 Å². The van der Waals surface area contributed by atoms with Crippen LogP contribution in [0, 0.1) is 11.7 Å². The third-order valence-corrected chi connectivity index (χ3v) is 2.53. The Bertz CT molecular complexity index is 421. The highest BCUT2D eigenvalue weighted by Crippen LogP contribution is 2.14. The zero-order valence-corrected chi connectivity index (χ0v) is 11.3. The average Bonchev–Trinajstić information content (AvgIpc) is 2.32. The molecular formula is C14H20FNO3. The largest absolute Gasteiger partial charge is 0.460 e. The van der Waals surface area contributed by atoms with Crippen LogP contribution in [0.5, 0.6) is 0 Å². The van der Waals surface area contributed by atoms with Crippen LogP contribution in [0.4, 0.5) is 10.1 Å². The number of carbonyl (C=O) groups is 1. The highest BCUT2D eigenvalue weighted by Gasteiger charge is 2.11. The van der Waals surface area contributed by atoms with Crippen molar-refractivity contribution in [2.24, 2.45) is 5.92 Å². The molecule has 1 aromatic rings. The Kier molecular flexibility index (Phi) is 6.29. The summed E-state index contributed by atoms with van der Waals surface area (Å²) in [7, 11) is 0. The maximum atomic E-state index is 12.8. The highest BCUT2D eigenvalue weighted by atomic mass is 19.1. The number of nitrogens with two attached hydrogens (primary N) is 1. The van der Waals surface area contributed by atoms with Crippen molar-refractivity contribution in [3.05, 3.63) is 29.6 Å². The van der Waals surface area contributed by atoms with Gasteiger partial charge in [-0.2, -0.15) is 0 Å². The summed E-state index contributed by atoms with van der Waals surface area (Å²) in [5.41, 5.74) is 5.78. The van der Waals surface area contributed by atoms with Crippen molar-refractivity contribution in [3.8, 4) is 0 Å². The smallest absolute Gasteiger partial charge is 0.340 e. The molecule has 1 rings (SSSR count). The Morgan fingerprint density at radius 1 is 1.32 bits per heavy atom. The van der Waals surface area contributed by atoms with Crippen LogP contribution in [-0.4, -0.2) is 25.8 Å². The predicted octanol–water partition coefficient (Wildman–Crippen LogP) is 2.63. The number of halogens is 1. The molecule has 0 heterocycles. The van der Waals surface area contributed by atoms with Crippen molar-refractivity contribution in [1.82, 2.24) is 0 Å². The molecule has 0 saturated heterocycles. The minimum atomic E-state index is -0.565. The summed E-state index contributed by atoms with van der Waals surface area (Å²) >= 11 is 0. The average molecular weight is 269 g/mol. The van der Waals surface area contributed by atoms with Crippen LogP contribution in [0.3, 0.4) is 0 Å². The van der Waals surface area contributed by atoms with Gasteiger partial charge in [0.2, 0.25) is 0 Å². The van der Waals surface area contributed by atoms with E-state index in [0.717, 1.165) is 12.5 Å². The Morgan fingerprint density at radius 2 is 2.05 bits per heavy atom. The van der Waals surface area contributed by atoms with Crippen molar-refractivity contribution >= 4 is 11.7 Å². The second-order valence-electron chi connectivity index (χ2n) is 4.66. The number of rotatable bonds is 7. The number of nitrogen functional groups attached to an aromatic ring is 1. The van der Waals surface area contributed by atoms with E-state index in [-0.39, 0.29) is 17.9 Å². The number of hydrogen-bond donors (Lipinski definition) is 1. The first-order valence-corrected chi connectivity index (χ1v) is 6.30. The predicted molar refractivity (Wildman–Crippen MR) is 71.4 cm³/mol. The number of benzene rings is 1. The standard InChI is InChI=1S/C14H20FNO3/c1-10(2)5-6-18-7-8-19-14(17)12-4-3-11(15)9-13(12)16/h3-4,9-10H,5-8,16H2,1-2H3. The van der Waals surface area contributed by atoms with E-state index in [2.05, 4.69) is 13.8 Å². The topological polar surface area (TPSA) is 61.5 Å². The maximum absolute atomic E-state index is 12.8. The molecule has 0 unspecified atom stereocenters. The SMILES string of the molecule is CC(C)CCOCCOC(=O)c1ccc(F)cc1N. The van der Waals surface area contributed by atoms with Gasteiger partial charge in [0.05, 0.1) is 12.2 Å². The lowest BCUT2D eigenvalue weighted by Gasteiger charge is -2.08. The molecule has 1 aromatic carbocycles. The third kappa shape index (κ3) is 5.70. The van der Waals surface area contributed by atoms with Gasteiger partial charge in [-0.15, -0.1) is 0 Å². The maximum Gasteiger partial charge on any atom is 0.340 e. The van der Waals surface area contributed by atoms with E-state index in [0.29, 0.717) is 19.1 Å². The molecule has 0 spiro atoms. The van der Waals surface area contributed by atoms with Crippen LogP contribution < -0.4 is 5.73 Å². The van der Waals surface area contributed by atoms with E-state index in [1.807, 2.05) is 0 Å². The zero-order chi connectivity index (χ0) is 14.3. The molecule has 0 aliphatic carbocycles. The zero-order valence-electron chi connectivity index (χ0n) is 11.3. The van der Waals surface area contributed by atoms with E-state index in [1.54, 1.807) is 0 Å². The normalized spacial score (nSPS) is 10.7. The fraction of sp³-hybridized carbons (Fsp3) is 0.500. The van der Waals surface area contributed by atoms with Crippen molar-refractivity contribution in [1.29, 1.82) is 0 Å². The number of esters is 1. The van der Waals surface area contributed by atoms with Crippen LogP contribution >= 0.6 is 0 Å². The Morgan fingerprint density at radius 3 is 2.68 bits per heavy atom. The number of anilines is 1. The molecule has 0 bridgehead atoms. The highest BCUT2D eigenvalue weighted by molar-refractivity contribution is 5.94. The molecule has 19 heavy (non-hydrogen) atoms. The van der Waals surface area contributed by atoms with Crippen LogP contribution in [0.2, 0.25) is 0 Å². The summed E-state index contributed by atoms with van der Waals surface area (Å²) in [5, 5.41) is 0. The lowest BCUT2D eigenvalue weighted by molar-refractivity contribution is 0.0304. The summed E-state index contributed by atoms with van der Waals surface area (Å²) < 4.78 is 23.1. The van der Waals surface area contributed by atoms with Gasteiger partial charge in [-0.25, -0.2) is 9.18 Å².